The summed E-state index contributed by atoms with van der Waals surface area (Å²) >= 11 is 3.37. The second-order valence-corrected chi connectivity index (χ2v) is 4.76. The molecular formula is C12H16BrNO2. The van der Waals surface area contributed by atoms with Crippen LogP contribution >= 0.6 is 15.9 Å². The summed E-state index contributed by atoms with van der Waals surface area (Å²) < 4.78 is 0.895. The zero-order valence-corrected chi connectivity index (χ0v) is 11.3. The van der Waals surface area contributed by atoms with Crippen LogP contribution in [-0.2, 0) is 0 Å². The Balaban J connectivity index is 3.27. The van der Waals surface area contributed by atoms with Crippen molar-refractivity contribution in [1.29, 1.82) is 0 Å². The number of anilines is 1. The number of aromatic carboxylic acids is 1. The molecule has 0 atom stereocenters. The highest BCUT2D eigenvalue weighted by molar-refractivity contribution is 9.10. The Kier molecular flexibility index (Phi) is 4.35. The molecule has 0 fully saturated rings. The SMILES string of the molecule is CCN(c1cc(Br)ccc1C(=O)O)C(C)C. The van der Waals surface area contributed by atoms with Crippen LogP contribution in [0.4, 0.5) is 5.69 Å². The largest absolute Gasteiger partial charge is 0.478 e. The number of rotatable bonds is 4. The molecule has 1 rings (SSSR count). The van der Waals surface area contributed by atoms with Gasteiger partial charge in [0.25, 0.3) is 0 Å². The predicted molar refractivity (Wildman–Crippen MR) is 69.3 cm³/mol. The number of hydrogen-bond acceptors (Lipinski definition) is 2. The van der Waals surface area contributed by atoms with Gasteiger partial charge in [0.05, 0.1) is 11.3 Å². The Bertz CT molecular complexity index is 391. The molecule has 0 spiro atoms. The van der Waals surface area contributed by atoms with E-state index in [9.17, 15) is 4.79 Å². The highest BCUT2D eigenvalue weighted by Gasteiger charge is 2.17. The highest BCUT2D eigenvalue weighted by atomic mass is 79.9. The van der Waals surface area contributed by atoms with E-state index in [1.165, 1.54) is 0 Å². The number of nitrogens with zero attached hydrogens (tertiary/aromatic N) is 1. The van der Waals surface area contributed by atoms with Gasteiger partial charge in [0, 0.05) is 17.1 Å². The average Bonchev–Trinajstić information content (AvgIpc) is 2.17. The summed E-state index contributed by atoms with van der Waals surface area (Å²) in [5.41, 5.74) is 1.11. The minimum absolute atomic E-state index is 0.275. The minimum atomic E-state index is -0.887. The first kappa shape index (κ1) is 13.0. The second-order valence-electron chi connectivity index (χ2n) is 3.85. The minimum Gasteiger partial charge on any atom is -0.478 e. The molecule has 0 aromatic heterocycles. The molecule has 4 heteroatoms. The third-order valence-electron chi connectivity index (χ3n) is 2.46. The van der Waals surface area contributed by atoms with E-state index in [0.717, 1.165) is 16.7 Å². The van der Waals surface area contributed by atoms with Gasteiger partial charge < -0.3 is 10.0 Å². The molecule has 0 amide bonds. The first-order valence-electron chi connectivity index (χ1n) is 5.26. The molecule has 0 heterocycles. The van der Waals surface area contributed by atoms with Crippen molar-refractivity contribution in [3.8, 4) is 0 Å². The molecule has 0 radical (unpaired) electrons. The van der Waals surface area contributed by atoms with Crippen LogP contribution in [0.25, 0.3) is 0 Å². The van der Waals surface area contributed by atoms with Gasteiger partial charge >= 0.3 is 5.97 Å². The fourth-order valence-electron chi connectivity index (χ4n) is 1.74. The number of benzene rings is 1. The lowest BCUT2D eigenvalue weighted by Crippen LogP contribution is -2.31. The molecule has 0 aliphatic heterocycles. The third kappa shape index (κ3) is 2.76. The van der Waals surface area contributed by atoms with Gasteiger partial charge in [0.2, 0.25) is 0 Å². The van der Waals surface area contributed by atoms with Gasteiger partial charge in [-0.3, -0.25) is 0 Å². The van der Waals surface area contributed by atoms with Crippen molar-refractivity contribution in [3.63, 3.8) is 0 Å². The molecule has 88 valence electrons. The number of hydrogen-bond donors (Lipinski definition) is 1. The smallest absolute Gasteiger partial charge is 0.337 e. The van der Waals surface area contributed by atoms with Crippen LogP contribution in [0.1, 0.15) is 31.1 Å². The maximum atomic E-state index is 11.1. The van der Waals surface area contributed by atoms with Gasteiger partial charge in [0.1, 0.15) is 0 Å². The molecule has 3 nitrogen and oxygen atoms in total. The Morgan fingerprint density at radius 2 is 2.12 bits per heavy atom. The topological polar surface area (TPSA) is 40.5 Å². The maximum Gasteiger partial charge on any atom is 0.337 e. The predicted octanol–water partition coefficient (Wildman–Crippen LogP) is 3.38. The standard InChI is InChI=1S/C12H16BrNO2/c1-4-14(8(2)3)11-7-9(13)5-6-10(11)12(15)16/h5-8H,4H2,1-3H3,(H,15,16). The Morgan fingerprint density at radius 1 is 1.50 bits per heavy atom. The summed E-state index contributed by atoms with van der Waals surface area (Å²) in [4.78, 5) is 13.2. The van der Waals surface area contributed by atoms with Gasteiger partial charge in [-0.25, -0.2) is 4.79 Å². The lowest BCUT2D eigenvalue weighted by Gasteiger charge is -2.29. The molecule has 0 unspecified atom stereocenters. The number of halogens is 1. The second kappa shape index (κ2) is 5.34. The lowest BCUT2D eigenvalue weighted by atomic mass is 10.1. The molecule has 0 aliphatic rings. The summed E-state index contributed by atoms with van der Waals surface area (Å²) in [6, 6.07) is 5.51. The van der Waals surface area contributed by atoms with Crippen molar-refractivity contribution in [1.82, 2.24) is 0 Å². The molecular weight excluding hydrogens is 270 g/mol. The van der Waals surface area contributed by atoms with E-state index in [1.807, 2.05) is 13.0 Å². The molecule has 0 saturated carbocycles. The van der Waals surface area contributed by atoms with Crippen LogP contribution in [0.3, 0.4) is 0 Å². The Morgan fingerprint density at radius 3 is 2.56 bits per heavy atom. The van der Waals surface area contributed by atoms with Crippen LogP contribution < -0.4 is 4.90 Å². The highest BCUT2D eigenvalue weighted by Crippen LogP contribution is 2.26. The molecule has 1 aromatic rings. The summed E-state index contributed by atoms with van der Waals surface area (Å²) in [5, 5.41) is 9.14. The fraction of sp³-hybridized carbons (Fsp3) is 0.417. The van der Waals surface area contributed by atoms with Gasteiger partial charge in [-0.05, 0) is 39.0 Å². The zero-order valence-electron chi connectivity index (χ0n) is 9.70. The quantitative estimate of drug-likeness (QED) is 0.922. The first-order chi connectivity index (χ1) is 7.47. The normalized spacial score (nSPS) is 10.6. The van der Waals surface area contributed by atoms with E-state index in [4.69, 9.17) is 5.11 Å². The van der Waals surface area contributed by atoms with Crippen LogP contribution in [0.5, 0.6) is 0 Å². The van der Waals surface area contributed by atoms with E-state index in [1.54, 1.807) is 12.1 Å². The van der Waals surface area contributed by atoms with Crippen LogP contribution in [0, 0.1) is 0 Å². The van der Waals surface area contributed by atoms with Crippen molar-refractivity contribution in [2.45, 2.75) is 26.8 Å². The fourth-order valence-corrected chi connectivity index (χ4v) is 2.09. The van der Waals surface area contributed by atoms with Gasteiger partial charge in [-0.1, -0.05) is 15.9 Å². The van der Waals surface area contributed by atoms with E-state index in [0.29, 0.717) is 5.56 Å². The monoisotopic (exact) mass is 285 g/mol. The van der Waals surface area contributed by atoms with Gasteiger partial charge in [0.15, 0.2) is 0 Å². The van der Waals surface area contributed by atoms with E-state index < -0.39 is 5.97 Å². The summed E-state index contributed by atoms with van der Waals surface area (Å²) in [7, 11) is 0. The van der Waals surface area contributed by atoms with Crippen molar-refractivity contribution < 1.29 is 9.90 Å². The third-order valence-corrected chi connectivity index (χ3v) is 2.96. The van der Waals surface area contributed by atoms with Crippen molar-refractivity contribution in [2.75, 3.05) is 11.4 Å². The Labute approximate surface area is 104 Å². The molecule has 0 aliphatic carbocycles. The molecule has 1 N–H and O–H groups in total. The van der Waals surface area contributed by atoms with E-state index in [2.05, 4.69) is 34.7 Å². The number of carbonyl (C=O) groups is 1. The van der Waals surface area contributed by atoms with Crippen molar-refractivity contribution in [3.05, 3.63) is 28.2 Å². The van der Waals surface area contributed by atoms with E-state index >= 15 is 0 Å². The number of carboxylic acid groups (broad SMARTS) is 1. The lowest BCUT2D eigenvalue weighted by molar-refractivity contribution is 0.0697. The zero-order chi connectivity index (χ0) is 12.3. The van der Waals surface area contributed by atoms with E-state index in [-0.39, 0.29) is 6.04 Å². The maximum absolute atomic E-state index is 11.1. The van der Waals surface area contributed by atoms with Crippen LogP contribution in [0.15, 0.2) is 22.7 Å². The van der Waals surface area contributed by atoms with Crippen LogP contribution in [-0.4, -0.2) is 23.7 Å². The Hall–Kier alpha value is -1.03. The van der Waals surface area contributed by atoms with Crippen LogP contribution in [0.2, 0.25) is 0 Å². The van der Waals surface area contributed by atoms with Gasteiger partial charge in [-0.2, -0.15) is 0 Å². The van der Waals surface area contributed by atoms with Crippen molar-refractivity contribution >= 4 is 27.6 Å². The molecule has 0 bridgehead atoms. The number of carboxylic acids is 1. The average molecular weight is 286 g/mol. The summed E-state index contributed by atoms with van der Waals surface area (Å²) in [6.07, 6.45) is 0. The molecule has 0 saturated heterocycles. The molecule has 1 aromatic carbocycles. The molecule has 16 heavy (non-hydrogen) atoms. The van der Waals surface area contributed by atoms with Crippen molar-refractivity contribution in [2.24, 2.45) is 0 Å². The first-order valence-corrected chi connectivity index (χ1v) is 6.06. The summed E-state index contributed by atoms with van der Waals surface area (Å²) in [5.74, 6) is -0.887. The van der Waals surface area contributed by atoms with Gasteiger partial charge in [-0.15, -0.1) is 0 Å². The summed E-state index contributed by atoms with van der Waals surface area (Å²) in [6.45, 7) is 6.91.